The first-order valence-corrected chi connectivity index (χ1v) is 8.12. The minimum Gasteiger partial charge on any atom is -0.388 e. The Labute approximate surface area is 121 Å². The molecule has 0 amide bonds. The Morgan fingerprint density at radius 1 is 1.30 bits per heavy atom. The molecule has 0 heterocycles. The van der Waals surface area contributed by atoms with Crippen LogP contribution >= 0.6 is 0 Å². The summed E-state index contributed by atoms with van der Waals surface area (Å²) < 4.78 is 25.6. The Hall–Kier alpha value is -1.11. The number of aliphatic hydroxyl groups is 1. The van der Waals surface area contributed by atoms with Gasteiger partial charge in [-0.1, -0.05) is 25.5 Å². The first kappa shape index (κ1) is 16.9. The van der Waals surface area contributed by atoms with Crippen LogP contribution in [0, 0.1) is 0 Å². The molecule has 0 bridgehead atoms. The van der Waals surface area contributed by atoms with Crippen LogP contribution in [0.4, 0.5) is 5.69 Å². The van der Waals surface area contributed by atoms with Crippen molar-refractivity contribution >= 4 is 15.7 Å². The fourth-order valence-corrected chi connectivity index (χ4v) is 3.01. The van der Waals surface area contributed by atoms with E-state index in [4.69, 9.17) is 0 Å². The van der Waals surface area contributed by atoms with Gasteiger partial charge in [-0.25, -0.2) is 12.7 Å². The van der Waals surface area contributed by atoms with Crippen LogP contribution in [0.2, 0.25) is 0 Å². The number of hydrogen-bond donors (Lipinski definition) is 2. The highest BCUT2D eigenvalue weighted by molar-refractivity contribution is 7.89. The topological polar surface area (TPSA) is 69.6 Å². The Bertz CT molecular complexity index is 539. The van der Waals surface area contributed by atoms with E-state index >= 15 is 0 Å². The quantitative estimate of drug-likeness (QED) is 0.807. The van der Waals surface area contributed by atoms with Gasteiger partial charge in [-0.3, -0.25) is 0 Å². The molecule has 114 valence electrons. The second-order valence-corrected chi connectivity index (χ2v) is 7.50. The lowest BCUT2D eigenvalue weighted by Crippen LogP contribution is -2.33. The van der Waals surface area contributed by atoms with Gasteiger partial charge >= 0.3 is 0 Å². The highest BCUT2D eigenvalue weighted by Crippen LogP contribution is 2.24. The van der Waals surface area contributed by atoms with Gasteiger partial charge in [0.2, 0.25) is 10.0 Å². The number of benzene rings is 1. The SMILES string of the molecule is CCCC(C)(O)CNc1ccccc1S(=O)(=O)N(C)C. The van der Waals surface area contributed by atoms with Crippen molar-refractivity contribution in [3.8, 4) is 0 Å². The molecule has 0 saturated carbocycles. The molecule has 0 fully saturated rings. The normalized spacial score (nSPS) is 15.1. The lowest BCUT2D eigenvalue weighted by Gasteiger charge is -2.24. The molecule has 6 heteroatoms. The number of rotatable bonds is 7. The molecule has 0 radical (unpaired) electrons. The highest BCUT2D eigenvalue weighted by Gasteiger charge is 2.23. The summed E-state index contributed by atoms with van der Waals surface area (Å²) in [5.74, 6) is 0. The first-order valence-electron chi connectivity index (χ1n) is 6.68. The fraction of sp³-hybridized carbons (Fsp3) is 0.571. The van der Waals surface area contributed by atoms with Crippen LogP contribution in [0.3, 0.4) is 0 Å². The van der Waals surface area contributed by atoms with E-state index in [1.54, 1.807) is 31.2 Å². The van der Waals surface area contributed by atoms with Gasteiger partial charge in [-0.05, 0) is 25.5 Å². The number of nitrogens with one attached hydrogen (secondary N) is 1. The van der Waals surface area contributed by atoms with Crippen molar-refractivity contribution < 1.29 is 13.5 Å². The van der Waals surface area contributed by atoms with Crippen molar-refractivity contribution in [2.75, 3.05) is 26.0 Å². The number of hydrogen-bond acceptors (Lipinski definition) is 4. The second kappa shape index (κ2) is 6.56. The molecule has 0 aliphatic heterocycles. The average Bonchev–Trinajstić information content (AvgIpc) is 2.36. The minimum atomic E-state index is -3.50. The zero-order valence-electron chi connectivity index (χ0n) is 12.5. The van der Waals surface area contributed by atoms with Crippen molar-refractivity contribution in [3.05, 3.63) is 24.3 Å². The molecular weight excluding hydrogens is 276 g/mol. The smallest absolute Gasteiger partial charge is 0.244 e. The molecule has 2 N–H and O–H groups in total. The Morgan fingerprint density at radius 3 is 2.45 bits per heavy atom. The van der Waals surface area contributed by atoms with Crippen LogP contribution in [0.5, 0.6) is 0 Å². The van der Waals surface area contributed by atoms with E-state index in [2.05, 4.69) is 5.32 Å². The van der Waals surface area contributed by atoms with Crippen molar-refractivity contribution in [1.29, 1.82) is 0 Å². The predicted octanol–water partition coefficient (Wildman–Crippen LogP) is 1.90. The number of anilines is 1. The van der Waals surface area contributed by atoms with Gasteiger partial charge in [0.15, 0.2) is 0 Å². The molecule has 0 saturated heterocycles. The summed E-state index contributed by atoms with van der Waals surface area (Å²) in [6, 6.07) is 6.72. The third kappa shape index (κ3) is 4.19. The highest BCUT2D eigenvalue weighted by atomic mass is 32.2. The Morgan fingerprint density at radius 2 is 1.90 bits per heavy atom. The summed E-state index contributed by atoms with van der Waals surface area (Å²) in [5, 5.41) is 13.2. The van der Waals surface area contributed by atoms with Crippen LogP contribution in [0.1, 0.15) is 26.7 Å². The third-order valence-corrected chi connectivity index (χ3v) is 4.97. The minimum absolute atomic E-state index is 0.220. The van der Waals surface area contributed by atoms with Gasteiger partial charge < -0.3 is 10.4 Å². The molecule has 0 spiro atoms. The van der Waals surface area contributed by atoms with E-state index < -0.39 is 15.6 Å². The molecule has 5 nitrogen and oxygen atoms in total. The molecule has 1 rings (SSSR count). The van der Waals surface area contributed by atoms with Crippen LogP contribution in [-0.2, 0) is 10.0 Å². The average molecular weight is 300 g/mol. The van der Waals surface area contributed by atoms with Gasteiger partial charge in [0, 0.05) is 20.6 Å². The molecule has 0 aromatic heterocycles. The third-order valence-electron chi connectivity index (χ3n) is 3.09. The second-order valence-electron chi connectivity index (χ2n) is 5.38. The van der Waals surface area contributed by atoms with Gasteiger partial charge in [0.05, 0.1) is 11.3 Å². The zero-order chi connectivity index (χ0) is 15.4. The van der Waals surface area contributed by atoms with Crippen LogP contribution in [0.25, 0.3) is 0 Å². The van der Waals surface area contributed by atoms with E-state index in [9.17, 15) is 13.5 Å². The maximum atomic E-state index is 12.2. The summed E-state index contributed by atoms with van der Waals surface area (Å²) in [5.41, 5.74) is -0.346. The monoisotopic (exact) mass is 300 g/mol. The summed E-state index contributed by atoms with van der Waals surface area (Å²) in [6.45, 7) is 4.05. The Balaban J connectivity index is 2.98. The van der Waals surface area contributed by atoms with E-state index in [1.165, 1.54) is 18.4 Å². The molecule has 0 aliphatic rings. The molecular formula is C14H24N2O3S. The molecule has 1 atom stereocenters. The van der Waals surface area contributed by atoms with Gasteiger partial charge in [0.25, 0.3) is 0 Å². The van der Waals surface area contributed by atoms with E-state index in [0.29, 0.717) is 18.7 Å². The van der Waals surface area contributed by atoms with Crippen LogP contribution in [-0.4, -0.2) is 44.1 Å². The van der Waals surface area contributed by atoms with Gasteiger partial charge in [-0.2, -0.15) is 0 Å². The standard InChI is InChI=1S/C14H24N2O3S/c1-5-10-14(2,17)11-15-12-8-6-7-9-13(12)20(18,19)16(3)4/h6-9,15,17H,5,10-11H2,1-4H3. The molecule has 1 aromatic rings. The maximum Gasteiger partial charge on any atom is 0.244 e. The number of nitrogens with zero attached hydrogens (tertiary/aromatic N) is 1. The lowest BCUT2D eigenvalue weighted by atomic mass is 10.0. The van der Waals surface area contributed by atoms with E-state index in [0.717, 1.165) is 6.42 Å². The summed E-state index contributed by atoms with van der Waals surface area (Å²) in [4.78, 5) is 0.220. The number of sulfonamides is 1. The maximum absolute atomic E-state index is 12.2. The number of para-hydroxylation sites is 1. The van der Waals surface area contributed by atoms with E-state index in [-0.39, 0.29) is 4.90 Å². The van der Waals surface area contributed by atoms with Crippen molar-refractivity contribution in [2.45, 2.75) is 37.2 Å². The molecule has 1 aromatic carbocycles. The fourth-order valence-electron chi connectivity index (χ4n) is 1.95. The summed E-state index contributed by atoms with van der Waals surface area (Å²) in [7, 11) is -0.500. The largest absolute Gasteiger partial charge is 0.388 e. The predicted molar refractivity (Wildman–Crippen MR) is 81.3 cm³/mol. The lowest BCUT2D eigenvalue weighted by molar-refractivity contribution is 0.0636. The van der Waals surface area contributed by atoms with Crippen LogP contribution in [0.15, 0.2) is 29.2 Å². The van der Waals surface area contributed by atoms with Gasteiger partial charge in [-0.15, -0.1) is 0 Å². The first-order chi connectivity index (χ1) is 9.20. The van der Waals surface area contributed by atoms with Gasteiger partial charge in [0.1, 0.15) is 4.90 Å². The van der Waals surface area contributed by atoms with Crippen LogP contribution < -0.4 is 5.32 Å². The molecule has 1 unspecified atom stereocenters. The summed E-state index contributed by atoms with van der Waals surface area (Å²) in [6.07, 6.45) is 1.52. The molecule has 20 heavy (non-hydrogen) atoms. The molecule has 0 aliphatic carbocycles. The van der Waals surface area contributed by atoms with Crippen molar-refractivity contribution in [3.63, 3.8) is 0 Å². The van der Waals surface area contributed by atoms with E-state index in [1.807, 2.05) is 6.92 Å². The van der Waals surface area contributed by atoms with Crippen molar-refractivity contribution in [1.82, 2.24) is 4.31 Å². The zero-order valence-corrected chi connectivity index (χ0v) is 13.4. The summed E-state index contributed by atoms with van der Waals surface area (Å²) >= 11 is 0. The van der Waals surface area contributed by atoms with Crippen molar-refractivity contribution in [2.24, 2.45) is 0 Å². The Kier molecular flexibility index (Phi) is 5.56.